The van der Waals surface area contributed by atoms with Crippen LogP contribution in [0.4, 0.5) is 0 Å². The SMILES string of the molecule is CCCC(=O)Oc1cccc(C(=O)C(CCO)OC(=O)CCC)c1. The Kier molecular flexibility index (Phi) is 8.71. The number of aliphatic hydroxyl groups excluding tert-OH is 1. The van der Waals surface area contributed by atoms with Gasteiger partial charge in [-0.25, -0.2) is 0 Å². The van der Waals surface area contributed by atoms with Crippen molar-refractivity contribution in [1.82, 2.24) is 0 Å². The minimum Gasteiger partial charge on any atom is -0.454 e. The van der Waals surface area contributed by atoms with Gasteiger partial charge >= 0.3 is 11.9 Å². The van der Waals surface area contributed by atoms with Gasteiger partial charge in [0.25, 0.3) is 0 Å². The van der Waals surface area contributed by atoms with Crippen molar-refractivity contribution in [3.05, 3.63) is 29.8 Å². The summed E-state index contributed by atoms with van der Waals surface area (Å²) in [5.41, 5.74) is 0.263. The van der Waals surface area contributed by atoms with Crippen LogP contribution < -0.4 is 4.74 Å². The monoisotopic (exact) mass is 336 g/mol. The molecule has 0 aliphatic carbocycles. The lowest BCUT2D eigenvalue weighted by atomic mass is 10.0. The van der Waals surface area contributed by atoms with Gasteiger partial charge in [0, 0.05) is 31.4 Å². The van der Waals surface area contributed by atoms with E-state index >= 15 is 0 Å². The van der Waals surface area contributed by atoms with Crippen molar-refractivity contribution in [2.75, 3.05) is 6.61 Å². The van der Waals surface area contributed by atoms with Crippen LogP contribution in [0.15, 0.2) is 24.3 Å². The molecule has 1 N–H and O–H groups in total. The van der Waals surface area contributed by atoms with Gasteiger partial charge in [-0.3, -0.25) is 14.4 Å². The van der Waals surface area contributed by atoms with E-state index in [1.165, 1.54) is 6.07 Å². The molecular formula is C18H24O6. The zero-order valence-corrected chi connectivity index (χ0v) is 14.1. The first kappa shape index (κ1) is 19.8. The van der Waals surface area contributed by atoms with Gasteiger partial charge in [-0.05, 0) is 25.0 Å². The van der Waals surface area contributed by atoms with E-state index in [0.29, 0.717) is 19.3 Å². The highest BCUT2D eigenvalue weighted by Crippen LogP contribution is 2.18. The van der Waals surface area contributed by atoms with Crippen molar-refractivity contribution in [3.8, 4) is 5.75 Å². The molecule has 6 nitrogen and oxygen atoms in total. The van der Waals surface area contributed by atoms with Gasteiger partial charge in [-0.15, -0.1) is 0 Å². The molecule has 0 aliphatic heterocycles. The van der Waals surface area contributed by atoms with E-state index in [1.807, 2.05) is 13.8 Å². The molecule has 0 saturated heterocycles. The fourth-order valence-electron chi connectivity index (χ4n) is 2.07. The van der Waals surface area contributed by atoms with Crippen LogP contribution in [-0.4, -0.2) is 35.5 Å². The fourth-order valence-corrected chi connectivity index (χ4v) is 2.07. The molecule has 0 aliphatic rings. The molecule has 0 heterocycles. The molecule has 1 aromatic rings. The number of carbonyl (C=O) groups excluding carboxylic acids is 3. The average molecular weight is 336 g/mol. The van der Waals surface area contributed by atoms with Gasteiger partial charge in [0.2, 0.25) is 5.78 Å². The van der Waals surface area contributed by atoms with Crippen molar-refractivity contribution in [3.63, 3.8) is 0 Å². The molecule has 0 aromatic heterocycles. The molecular weight excluding hydrogens is 312 g/mol. The molecule has 0 saturated carbocycles. The average Bonchev–Trinajstić information content (AvgIpc) is 2.54. The van der Waals surface area contributed by atoms with Crippen molar-refractivity contribution in [1.29, 1.82) is 0 Å². The maximum atomic E-state index is 12.5. The van der Waals surface area contributed by atoms with Gasteiger partial charge in [0.15, 0.2) is 6.10 Å². The van der Waals surface area contributed by atoms with Gasteiger partial charge < -0.3 is 14.6 Å². The molecule has 24 heavy (non-hydrogen) atoms. The number of benzene rings is 1. The van der Waals surface area contributed by atoms with Crippen LogP contribution in [0.2, 0.25) is 0 Å². The maximum Gasteiger partial charge on any atom is 0.311 e. The molecule has 1 rings (SSSR count). The summed E-state index contributed by atoms with van der Waals surface area (Å²) >= 11 is 0. The molecule has 1 aromatic carbocycles. The Morgan fingerprint density at radius 3 is 2.38 bits per heavy atom. The summed E-state index contributed by atoms with van der Waals surface area (Å²) in [5, 5.41) is 9.09. The fraction of sp³-hybridized carbons (Fsp3) is 0.500. The minimum absolute atomic E-state index is 0.0220. The lowest BCUT2D eigenvalue weighted by Crippen LogP contribution is -2.28. The summed E-state index contributed by atoms with van der Waals surface area (Å²) in [7, 11) is 0. The van der Waals surface area contributed by atoms with Crippen LogP contribution in [0.1, 0.15) is 56.3 Å². The number of ether oxygens (including phenoxy) is 2. The van der Waals surface area contributed by atoms with Crippen LogP contribution in [-0.2, 0) is 14.3 Å². The molecule has 6 heteroatoms. The predicted molar refractivity (Wildman–Crippen MR) is 87.8 cm³/mol. The molecule has 0 radical (unpaired) electrons. The van der Waals surface area contributed by atoms with Gasteiger partial charge in [-0.2, -0.15) is 0 Å². The van der Waals surface area contributed by atoms with Crippen molar-refractivity contribution in [2.24, 2.45) is 0 Å². The Hall–Kier alpha value is -2.21. The standard InChI is InChI=1S/C18H24O6/c1-3-6-16(20)23-14-9-5-8-13(12-14)18(22)15(10-11-19)24-17(21)7-4-2/h5,8-9,12,15,19H,3-4,6-7,10-11H2,1-2H3. The van der Waals surface area contributed by atoms with Crippen LogP contribution >= 0.6 is 0 Å². The van der Waals surface area contributed by atoms with Gasteiger partial charge in [-0.1, -0.05) is 26.0 Å². The first-order chi connectivity index (χ1) is 11.5. The Morgan fingerprint density at radius 2 is 1.75 bits per heavy atom. The Morgan fingerprint density at radius 1 is 1.08 bits per heavy atom. The number of esters is 2. The Balaban J connectivity index is 2.86. The minimum atomic E-state index is -1.05. The van der Waals surface area contributed by atoms with E-state index in [2.05, 4.69) is 0 Å². The van der Waals surface area contributed by atoms with E-state index in [0.717, 1.165) is 0 Å². The lowest BCUT2D eigenvalue weighted by Gasteiger charge is -2.16. The molecule has 1 atom stereocenters. The number of hydrogen-bond acceptors (Lipinski definition) is 6. The molecule has 0 fully saturated rings. The molecule has 1 unspecified atom stereocenters. The Labute approximate surface area is 141 Å². The van der Waals surface area contributed by atoms with Gasteiger partial charge in [0.05, 0.1) is 0 Å². The third-order valence-electron chi connectivity index (χ3n) is 3.22. The summed E-state index contributed by atoms with van der Waals surface area (Å²) in [4.78, 5) is 35.7. The number of aliphatic hydroxyl groups is 1. The normalized spacial score (nSPS) is 11.6. The van der Waals surface area contributed by atoms with E-state index in [9.17, 15) is 14.4 Å². The van der Waals surface area contributed by atoms with Crippen LogP contribution in [0.3, 0.4) is 0 Å². The van der Waals surface area contributed by atoms with Crippen molar-refractivity contribution >= 4 is 17.7 Å². The number of ketones is 1. The second-order valence-corrected chi connectivity index (χ2v) is 5.36. The first-order valence-corrected chi connectivity index (χ1v) is 8.17. The van der Waals surface area contributed by atoms with Crippen molar-refractivity contribution < 1.29 is 29.0 Å². The maximum absolute atomic E-state index is 12.5. The molecule has 0 spiro atoms. The van der Waals surface area contributed by atoms with E-state index in [-0.39, 0.29) is 36.7 Å². The molecule has 0 bridgehead atoms. The molecule has 0 amide bonds. The van der Waals surface area contributed by atoms with Crippen LogP contribution in [0, 0.1) is 0 Å². The summed E-state index contributed by atoms with van der Waals surface area (Å²) in [6.45, 7) is 3.42. The summed E-state index contributed by atoms with van der Waals surface area (Å²) in [6.07, 6.45) is 0.763. The number of rotatable bonds is 10. The number of carbonyl (C=O) groups is 3. The third kappa shape index (κ3) is 6.50. The quantitative estimate of drug-likeness (QED) is 0.401. The zero-order valence-electron chi connectivity index (χ0n) is 14.1. The smallest absolute Gasteiger partial charge is 0.311 e. The highest BCUT2D eigenvalue weighted by Gasteiger charge is 2.24. The summed E-state index contributed by atoms with van der Waals surface area (Å²) in [6, 6.07) is 6.16. The topological polar surface area (TPSA) is 89.9 Å². The molecule has 132 valence electrons. The third-order valence-corrected chi connectivity index (χ3v) is 3.22. The summed E-state index contributed by atoms with van der Waals surface area (Å²) in [5.74, 6) is -1.01. The van der Waals surface area contributed by atoms with Crippen LogP contribution in [0.5, 0.6) is 5.75 Å². The largest absolute Gasteiger partial charge is 0.454 e. The van der Waals surface area contributed by atoms with Crippen molar-refractivity contribution in [2.45, 2.75) is 52.1 Å². The first-order valence-electron chi connectivity index (χ1n) is 8.17. The number of Topliss-reactive ketones (excluding diaryl/α,β-unsaturated/α-hetero) is 1. The number of hydrogen-bond donors (Lipinski definition) is 1. The van der Waals surface area contributed by atoms with Gasteiger partial charge in [0.1, 0.15) is 5.75 Å². The van der Waals surface area contributed by atoms with E-state index in [4.69, 9.17) is 14.6 Å². The van der Waals surface area contributed by atoms with Crippen LogP contribution in [0.25, 0.3) is 0 Å². The predicted octanol–water partition coefficient (Wildman–Crippen LogP) is 2.67. The second-order valence-electron chi connectivity index (χ2n) is 5.36. The van der Waals surface area contributed by atoms with E-state index in [1.54, 1.807) is 18.2 Å². The van der Waals surface area contributed by atoms with E-state index < -0.39 is 17.9 Å². The zero-order chi connectivity index (χ0) is 17.9. The lowest BCUT2D eigenvalue weighted by molar-refractivity contribution is -0.147. The summed E-state index contributed by atoms with van der Waals surface area (Å²) < 4.78 is 10.3. The highest BCUT2D eigenvalue weighted by atomic mass is 16.5. The Bertz CT molecular complexity index is 566. The second kappa shape index (κ2) is 10.5. The highest BCUT2D eigenvalue weighted by molar-refractivity contribution is 6.00.